The molecule has 0 aromatic rings. The maximum atomic E-state index is 10.7. The molecule has 2 atom stereocenters. The fraction of sp³-hybridized carbons (Fsp3) is 1.00. The van der Waals surface area contributed by atoms with Crippen molar-refractivity contribution < 1.29 is 30.1 Å². The van der Waals surface area contributed by atoms with Crippen molar-refractivity contribution in [1.82, 2.24) is 19.9 Å². The first-order valence-electron chi connectivity index (χ1n) is 17.4. The molecule has 0 radical (unpaired) electrons. The first-order chi connectivity index (χ1) is 20.3. The Balaban J connectivity index is 1.60. The van der Waals surface area contributed by atoms with Crippen LogP contribution < -0.4 is 0 Å². The predicted molar refractivity (Wildman–Crippen MR) is 176 cm³/mol. The fourth-order valence-electron chi connectivity index (χ4n) is 7.57. The van der Waals surface area contributed by atoms with Crippen molar-refractivity contribution >= 4 is 0 Å². The lowest BCUT2D eigenvalue weighted by molar-refractivity contribution is -0.262. The lowest BCUT2D eigenvalue weighted by Gasteiger charge is -2.51. The van der Waals surface area contributed by atoms with E-state index in [4.69, 9.17) is 9.47 Å². The number of likely N-dealkylation sites (N-methyl/N-ethyl adjacent to an activating group) is 2. The summed E-state index contributed by atoms with van der Waals surface area (Å²) in [6.45, 7) is 26.1. The molecule has 2 aliphatic rings. The van der Waals surface area contributed by atoms with Gasteiger partial charge < -0.3 is 39.9 Å². The summed E-state index contributed by atoms with van der Waals surface area (Å²) in [4.78, 5) is 4.61. The van der Waals surface area contributed by atoms with Gasteiger partial charge in [-0.1, -0.05) is 26.7 Å². The minimum Gasteiger partial charge on any atom is -0.389 e. The van der Waals surface area contributed by atoms with E-state index in [1.165, 1.54) is 10.1 Å². The minimum atomic E-state index is -0.526. The number of unbranched alkanes of at least 4 members (excludes halogenated alkanes) is 3. The summed E-state index contributed by atoms with van der Waals surface area (Å²) in [5, 5.41) is 45.3. The van der Waals surface area contributed by atoms with Gasteiger partial charge in [0.2, 0.25) is 0 Å². The number of hydrogen-bond donors (Lipinski definition) is 4. The van der Waals surface area contributed by atoms with Crippen LogP contribution in [0.25, 0.3) is 0 Å². The van der Waals surface area contributed by atoms with E-state index in [9.17, 15) is 20.6 Å². The third kappa shape index (κ3) is 12.3. The van der Waals surface area contributed by atoms with E-state index in [-0.39, 0.29) is 34.4 Å². The van der Waals surface area contributed by atoms with E-state index < -0.39 is 12.2 Å². The van der Waals surface area contributed by atoms with Crippen LogP contribution in [-0.4, -0.2) is 140 Å². The van der Waals surface area contributed by atoms with Crippen molar-refractivity contribution in [2.24, 2.45) is 0 Å². The number of aliphatic hydroxyl groups excluding tert-OH is 2. The molecule has 44 heavy (non-hydrogen) atoms. The Bertz CT molecular complexity index is 724. The van der Waals surface area contributed by atoms with E-state index in [0.29, 0.717) is 26.3 Å². The van der Waals surface area contributed by atoms with Crippen molar-refractivity contribution in [2.75, 3.05) is 52.5 Å². The number of rotatable bonds is 19. The molecule has 2 fully saturated rings. The van der Waals surface area contributed by atoms with Crippen LogP contribution in [0.3, 0.4) is 0 Å². The summed E-state index contributed by atoms with van der Waals surface area (Å²) in [6.07, 6.45) is 6.43. The zero-order chi connectivity index (χ0) is 33.3. The third-order valence-electron chi connectivity index (χ3n) is 9.78. The highest BCUT2D eigenvalue weighted by molar-refractivity contribution is 4.97. The highest BCUT2D eigenvalue weighted by atomic mass is 16.5. The quantitative estimate of drug-likeness (QED) is 0.149. The standard InChI is InChI=1S/C34H70N4O6/c1-11-35(23-27(39)25-43-29-19-31(3,4)37(41)32(5,6)20-29)17-15-13-14-16-18-36(12-2)24-28(40)26-44-30-21-33(7,8)38(42)34(9,10)22-30/h27-30,39-42H,11-26H2,1-10H3. The molecule has 0 aliphatic carbocycles. The summed E-state index contributed by atoms with van der Waals surface area (Å²) in [5.74, 6) is 0. The lowest BCUT2D eigenvalue weighted by Crippen LogP contribution is -2.60. The zero-order valence-electron chi connectivity index (χ0n) is 30.0. The SMILES string of the molecule is CCN(CCCCCCN(CC)CC(O)COC1CC(C)(C)N(O)C(C)(C)C1)CC(O)COC1CC(C)(C)N(O)C(C)(C)C1. The van der Waals surface area contributed by atoms with E-state index in [2.05, 4.69) is 23.6 Å². The molecule has 262 valence electrons. The van der Waals surface area contributed by atoms with Gasteiger partial charge >= 0.3 is 0 Å². The second kappa shape index (κ2) is 17.1. The number of aliphatic hydroxyl groups is 2. The van der Waals surface area contributed by atoms with Gasteiger partial charge in [-0.2, -0.15) is 10.1 Å². The molecular weight excluding hydrogens is 560 g/mol. The molecule has 2 unspecified atom stereocenters. The first-order valence-corrected chi connectivity index (χ1v) is 17.4. The molecule has 0 aromatic heterocycles. The van der Waals surface area contributed by atoms with E-state index in [0.717, 1.165) is 77.5 Å². The number of ether oxygens (including phenoxy) is 2. The maximum absolute atomic E-state index is 10.7. The topological polar surface area (TPSA) is 112 Å². The average Bonchev–Trinajstić information content (AvgIpc) is 2.92. The maximum Gasteiger partial charge on any atom is 0.0900 e. The van der Waals surface area contributed by atoms with Crippen molar-refractivity contribution in [2.45, 2.75) is 167 Å². The lowest BCUT2D eigenvalue weighted by atomic mass is 9.80. The molecule has 0 saturated carbocycles. The summed E-state index contributed by atoms with van der Waals surface area (Å²) in [5.41, 5.74) is -1.43. The van der Waals surface area contributed by atoms with Gasteiger partial charge in [-0.05, 0) is 120 Å². The van der Waals surface area contributed by atoms with Crippen LogP contribution in [0, 0.1) is 0 Å². The van der Waals surface area contributed by atoms with Gasteiger partial charge in [0.05, 0.1) is 37.6 Å². The summed E-state index contributed by atoms with van der Waals surface area (Å²) < 4.78 is 12.3. The molecule has 2 aliphatic heterocycles. The van der Waals surface area contributed by atoms with Crippen LogP contribution in [0.1, 0.15) is 121 Å². The summed E-state index contributed by atoms with van der Waals surface area (Å²) >= 11 is 0. The first kappa shape index (κ1) is 39.8. The molecule has 10 nitrogen and oxygen atoms in total. The number of nitrogens with zero attached hydrogens (tertiary/aromatic N) is 4. The van der Waals surface area contributed by atoms with Crippen molar-refractivity contribution in [3.8, 4) is 0 Å². The highest BCUT2D eigenvalue weighted by Gasteiger charge is 2.46. The van der Waals surface area contributed by atoms with E-state index in [1.807, 2.05) is 55.4 Å². The molecule has 2 rings (SSSR count). The number of hydroxylamine groups is 4. The number of hydrogen-bond acceptors (Lipinski definition) is 10. The molecule has 0 bridgehead atoms. The van der Waals surface area contributed by atoms with E-state index in [1.54, 1.807) is 0 Å². The smallest absolute Gasteiger partial charge is 0.0900 e. The summed E-state index contributed by atoms with van der Waals surface area (Å²) in [7, 11) is 0. The molecule has 0 spiro atoms. The average molecular weight is 631 g/mol. The van der Waals surface area contributed by atoms with Gasteiger partial charge in [0.25, 0.3) is 0 Å². The van der Waals surface area contributed by atoms with Crippen LogP contribution in [-0.2, 0) is 9.47 Å². The third-order valence-corrected chi connectivity index (χ3v) is 9.78. The molecule has 0 aromatic carbocycles. The largest absolute Gasteiger partial charge is 0.389 e. The predicted octanol–water partition coefficient (Wildman–Crippen LogP) is 4.77. The van der Waals surface area contributed by atoms with Gasteiger partial charge in [-0.25, -0.2) is 0 Å². The van der Waals surface area contributed by atoms with Crippen molar-refractivity contribution in [3.63, 3.8) is 0 Å². The normalized spacial score (nSPS) is 24.3. The van der Waals surface area contributed by atoms with Gasteiger partial charge in [0.1, 0.15) is 0 Å². The van der Waals surface area contributed by atoms with E-state index >= 15 is 0 Å². The Morgan fingerprint density at radius 1 is 0.591 bits per heavy atom. The molecular formula is C34H70N4O6. The van der Waals surface area contributed by atoms with Crippen LogP contribution in [0.5, 0.6) is 0 Å². The molecule has 10 heteroatoms. The Kier molecular flexibility index (Phi) is 15.5. The summed E-state index contributed by atoms with van der Waals surface area (Å²) in [6, 6.07) is 0. The van der Waals surface area contributed by atoms with Crippen LogP contribution in [0.15, 0.2) is 0 Å². The van der Waals surface area contributed by atoms with Crippen LogP contribution in [0.4, 0.5) is 0 Å². The molecule has 2 saturated heterocycles. The molecule has 0 amide bonds. The van der Waals surface area contributed by atoms with Crippen LogP contribution >= 0.6 is 0 Å². The van der Waals surface area contributed by atoms with Gasteiger partial charge in [-0.15, -0.1) is 0 Å². The molecule has 2 heterocycles. The minimum absolute atomic E-state index is 0.0227. The Morgan fingerprint density at radius 3 is 1.16 bits per heavy atom. The fourth-order valence-corrected chi connectivity index (χ4v) is 7.57. The molecule has 4 N–H and O–H groups in total. The Hall–Kier alpha value is -0.400. The Morgan fingerprint density at radius 2 is 0.886 bits per heavy atom. The van der Waals surface area contributed by atoms with Crippen molar-refractivity contribution in [3.05, 3.63) is 0 Å². The van der Waals surface area contributed by atoms with Gasteiger partial charge in [0, 0.05) is 35.2 Å². The van der Waals surface area contributed by atoms with Crippen molar-refractivity contribution in [1.29, 1.82) is 0 Å². The number of piperidine rings is 2. The van der Waals surface area contributed by atoms with Gasteiger partial charge in [-0.3, -0.25) is 0 Å². The zero-order valence-corrected chi connectivity index (χ0v) is 30.0. The van der Waals surface area contributed by atoms with Crippen LogP contribution in [0.2, 0.25) is 0 Å². The second-order valence-electron chi connectivity index (χ2n) is 16.1. The monoisotopic (exact) mass is 631 g/mol. The van der Waals surface area contributed by atoms with Gasteiger partial charge in [0.15, 0.2) is 0 Å². The second-order valence-corrected chi connectivity index (χ2v) is 16.1. The highest BCUT2D eigenvalue weighted by Crippen LogP contribution is 2.39. The Labute approximate surface area is 269 Å².